The zero-order valence-electron chi connectivity index (χ0n) is 16.9. The maximum absolute atomic E-state index is 9.29. The molecule has 2 aromatic rings. The molecule has 0 radical (unpaired) electrons. The van der Waals surface area contributed by atoms with Gasteiger partial charge in [0, 0.05) is 11.8 Å². The van der Waals surface area contributed by atoms with Crippen LogP contribution in [0.2, 0.25) is 0 Å². The predicted octanol–water partition coefficient (Wildman–Crippen LogP) is 6.48. The van der Waals surface area contributed by atoms with Crippen LogP contribution in [0.5, 0.6) is 0 Å². The lowest BCUT2D eigenvalue weighted by molar-refractivity contribution is 0.239. The molecule has 0 bridgehead atoms. The van der Waals surface area contributed by atoms with Gasteiger partial charge in [0.1, 0.15) is 0 Å². The Morgan fingerprint density at radius 3 is 2.00 bits per heavy atom. The van der Waals surface area contributed by atoms with Crippen LogP contribution in [0.15, 0.2) is 42.6 Å². The first-order chi connectivity index (χ1) is 12.1. The number of nitriles is 1. The summed E-state index contributed by atoms with van der Waals surface area (Å²) in [6.07, 6.45) is 4.60. The quantitative estimate of drug-likeness (QED) is 0.637. The van der Waals surface area contributed by atoms with Crippen molar-refractivity contribution in [1.29, 1.82) is 5.26 Å². The number of rotatable bonds is 3. The Labute approximate surface area is 158 Å². The van der Waals surface area contributed by atoms with Crippen LogP contribution in [0.4, 0.5) is 0 Å². The molecule has 0 saturated heterocycles. The second kappa shape index (κ2) is 6.23. The standard InChI is InChI=1S/C24H30N2/c1-22(2)13-14-23(3,4)21(22)18-9-12-20(26-15-18)17-7-10-19(11-8-17)24(5,6)16-25/h7-12,15,21H,13-14H2,1-6H3. The molecule has 1 fully saturated rings. The molecule has 0 aliphatic heterocycles. The Morgan fingerprint density at radius 1 is 0.962 bits per heavy atom. The predicted molar refractivity (Wildman–Crippen MR) is 108 cm³/mol. The summed E-state index contributed by atoms with van der Waals surface area (Å²) in [6.45, 7) is 13.4. The minimum atomic E-state index is -0.463. The highest BCUT2D eigenvalue weighted by atomic mass is 14.7. The van der Waals surface area contributed by atoms with Crippen molar-refractivity contribution in [2.24, 2.45) is 10.8 Å². The molecule has 1 saturated carbocycles. The third kappa shape index (κ3) is 3.28. The summed E-state index contributed by atoms with van der Waals surface area (Å²) in [6, 6.07) is 15.0. The first-order valence-corrected chi connectivity index (χ1v) is 9.55. The van der Waals surface area contributed by atoms with Gasteiger partial charge < -0.3 is 0 Å². The average Bonchev–Trinajstić information content (AvgIpc) is 2.83. The molecule has 0 unspecified atom stereocenters. The third-order valence-corrected chi connectivity index (χ3v) is 6.28. The second-order valence-corrected chi connectivity index (χ2v) is 9.70. The average molecular weight is 347 g/mol. The summed E-state index contributed by atoms with van der Waals surface area (Å²) < 4.78 is 0. The molecular formula is C24H30N2. The van der Waals surface area contributed by atoms with E-state index in [1.54, 1.807) is 0 Å². The number of benzene rings is 1. The van der Waals surface area contributed by atoms with E-state index < -0.39 is 5.41 Å². The normalized spacial score (nSPS) is 19.3. The largest absolute Gasteiger partial charge is 0.256 e. The van der Waals surface area contributed by atoms with Crippen LogP contribution in [0, 0.1) is 22.2 Å². The summed E-state index contributed by atoms with van der Waals surface area (Å²) in [5, 5.41) is 9.29. The molecule has 136 valence electrons. The van der Waals surface area contributed by atoms with Gasteiger partial charge in [-0.2, -0.15) is 5.26 Å². The summed E-state index contributed by atoms with van der Waals surface area (Å²) in [7, 11) is 0. The summed E-state index contributed by atoms with van der Waals surface area (Å²) in [4.78, 5) is 4.77. The van der Waals surface area contributed by atoms with Gasteiger partial charge in [-0.25, -0.2) is 0 Å². The Morgan fingerprint density at radius 2 is 1.54 bits per heavy atom. The number of hydrogen-bond acceptors (Lipinski definition) is 2. The summed E-state index contributed by atoms with van der Waals surface area (Å²) >= 11 is 0. The minimum Gasteiger partial charge on any atom is -0.256 e. The van der Waals surface area contributed by atoms with Gasteiger partial charge in [0.05, 0.1) is 17.2 Å². The van der Waals surface area contributed by atoms with Crippen LogP contribution >= 0.6 is 0 Å². The first kappa shape index (κ1) is 18.6. The van der Waals surface area contributed by atoms with Crippen LogP contribution < -0.4 is 0 Å². The Hall–Kier alpha value is -2.14. The van der Waals surface area contributed by atoms with Gasteiger partial charge in [0.25, 0.3) is 0 Å². The van der Waals surface area contributed by atoms with Crippen molar-refractivity contribution in [3.05, 3.63) is 53.7 Å². The van der Waals surface area contributed by atoms with Crippen molar-refractivity contribution in [3.63, 3.8) is 0 Å². The molecule has 0 N–H and O–H groups in total. The molecule has 2 heteroatoms. The van der Waals surface area contributed by atoms with Crippen LogP contribution in [0.3, 0.4) is 0 Å². The highest BCUT2D eigenvalue weighted by molar-refractivity contribution is 5.60. The monoisotopic (exact) mass is 346 g/mol. The van der Waals surface area contributed by atoms with Crippen LogP contribution in [0.1, 0.15) is 71.4 Å². The van der Waals surface area contributed by atoms with Crippen molar-refractivity contribution in [2.75, 3.05) is 0 Å². The van der Waals surface area contributed by atoms with Crippen LogP contribution in [-0.4, -0.2) is 4.98 Å². The fourth-order valence-corrected chi connectivity index (χ4v) is 4.76. The van der Waals surface area contributed by atoms with E-state index in [4.69, 9.17) is 4.98 Å². The SMILES string of the molecule is CC(C)(C#N)c1ccc(-c2ccc(C3C(C)(C)CCC3(C)C)cn2)cc1. The van der Waals surface area contributed by atoms with E-state index in [-0.39, 0.29) is 0 Å². The van der Waals surface area contributed by atoms with E-state index in [1.165, 1.54) is 18.4 Å². The van der Waals surface area contributed by atoms with E-state index in [0.717, 1.165) is 16.8 Å². The third-order valence-electron chi connectivity index (χ3n) is 6.28. The molecule has 0 spiro atoms. The van der Waals surface area contributed by atoms with Crippen molar-refractivity contribution in [1.82, 2.24) is 4.98 Å². The van der Waals surface area contributed by atoms with Gasteiger partial charge in [-0.1, -0.05) is 58.0 Å². The van der Waals surface area contributed by atoms with E-state index >= 15 is 0 Å². The molecule has 2 nitrogen and oxygen atoms in total. The zero-order chi connectivity index (χ0) is 19.2. The topological polar surface area (TPSA) is 36.7 Å². The molecule has 26 heavy (non-hydrogen) atoms. The van der Waals surface area contributed by atoms with Crippen molar-refractivity contribution in [3.8, 4) is 17.3 Å². The molecule has 1 aromatic carbocycles. The Kier molecular flexibility index (Phi) is 4.47. The lowest BCUT2D eigenvalue weighted by Crippen LogP contribution is -2.25. The van der Waals surface area contributed by atoms with Gasteiger partial charge in [-0.15, -0.1) is 0 Å². The lowest BCUT2D eigenvalue weighted by atomic mass is 9.69. The van der Waals surface area contributed by atoms with E-state index in [9.17, 15) is 5.26 Å². The minimum absolute atomic E-state index is 0.317. The Balaban J connectivity index is 1.88. The Bertz CT molecular complexity index is 802. The van der Waals surface area contributed by atoms with Crippen LogP contribution in [-0.2, 0) is 5.41 Å². The van der Waals surface area contributed by atoms with Gasteiger partial charge >= 0.3 is 0 Å². The highest BCUT2D eigenvalue weighted by Crippen LogP contribution is 2.58. The maximum Gasteiger partial charge on any atom is 0.0766 e. The van der Waals surface area contributed by atoms with Crippen molar-refractivity contribution in [2.45, 2.75) is 65.7 Å². The van der Waals surface area contributed by atoms with Gasteiger partial charge in [0.2, 0.25) is 0 Å². The van der Waals surface area contributed by atoms with Gasteiger partial charge in [-0.3, -0.25) is 4.98 Å². The molecule has 1 heterocycles. The smallest absolute Gasteiger partial charge is 0.0766 e. The number of aromatic nitrogens is 1. The van der Waals surface area contributed by atoms with Crippen molar-refractivity contribution < 1.29 is 0 Å². The van der Waals surface area contributed by atoms with Crippen molar-refractivity contribution >= 4 is 0 Å². The second-order valence-electron chi connectivity index (χ2n) is 9.70. The van der Waals surface area contributed by atoms with Gasteiger partial charge in [0.15, 0.2) is 0 Å². The molecule has 1 aliphatic rings. The number of nitrogens with zero attached hydrogens (tertiary/aromatic N) is 2. The number of hydrogen-bond donors (Lipinski definition) is 0. The van der Waals surface area contributed by atoms with E-state index in [2.05, 4.69) is 64.2 Å². The molecule has 0 amide bonds. The van der Waals surface area contributed by atoms with E-state index in [1.807, 2.05) is 26.0 Å². The first-order valence-electron chi connectivity index (χ1n) is 9.55. The molecule has 3 rings (SSSR count). The lowest BCUT2D eigenvalue weighted by Gasteiger charge is -2.35. The maximum atomic E-state index is 9.29. The zero-order valence-corrected chi connectivity index (χ0v) is 16.9. The fourth-order valence-electron chi connectivity index (χ4n) is 4.76. The molecule has 0 atom stereocenters. The summed E-state index contributed by atoms with van der Waals surface area (Å²) in [5.74, 6) is 0.537. The van der Waals surface area contributed by atoms with Gasteiger partial charge in [-0.05, 0) is 60.6 Å². The number of pyridine rings is 1. The fraction of sp³-hybridized carbons (Fsp3) is 0.500. The molecule has 1 aromatic heterocycles. The molecule has 1 aliphatic carbocycles. The highest BCUT2D eigenvalue weighted by Gasteiger charge is 2.47. The molecular weight excluding hydrogens is 316 g/mol. The van der Waals surface area contributed by atoms with E-state index in [0.29, 0.717) is 16.7 Å². The van der Waals surface area contributed by atoms with Crippen LogP contribution in [0.25, 0.3) is 11.3 Å². The summed E-state index contributed by atoms with van der Waals surface area (Å²) in [5.41, 5.74) is 4.64.